The first-order valence-electron chi connectivity index (χ1n) is 6.99. The van der Waals surface area contributed by atoms with Crippen molar-refractivity contribution < 1.29 is 9.90 Å². The van der Waals surface area contributed by atoms with E-state index in [0.29, 0.717) is 18.0 Å². The zero-order valence-corrected chi connectivity index (χ0v) is 13.4. The van der Waals surface area contributed by atoms with Crippen LogP contribution in [0.1, 0.15) is 44.5 Å². The van der Waals surface area contributed by atoms with E-state index in [2.05, 4.69) is 10.4 Å². The fraction of sp³-hybridized carbons (Fsp3) is 0.714. The first kappa shape index (κ1) is 17.0. The molecule has 1 aromatic heterocycles. The number of carboxylic acid groups (broad SMARTS) is 1. The first-order chi connectivity index (χ1) is 9.31. The summed E-state index contributed by atoms with van der Waals surface area (Å²) in [5.74, 6) is -0.798. The third-order valence-corrected chi connectivity index (χ3v) is 4.18. The lowest BCUT2D eigenvalue weighted by Gasteiger charge is -2.25. The summed E-state index contributed by atoms with van der Waals surface area (Å²) < 4.78 is 1.89. The van der Waals surface area contributed by atoms with Crippen molar-refractivity contribution in [3.8, 4) is 0 Å². The molecule has 20 heavy (non-hydrogen) atoms. The molecule has 0 saturated heterocycles. The minimum absolute atomic E-state index is 0.600. The largest absolute Gasteiger partial charge is 0.480 e. The van der Waals surface area contributed by atoms with Gasteiger partial charge in [0.2, 0.25) is 0 Å². The molecule has 0 aliphatic rings. The van der Waals surface area contributed by atoms with Crippen molar-refractivity contribution in [1.82, 2.24) is 15.1 Å². The second-order valence-electron chi connectivity index (χ2n) is 5.33. The minimum atomic E-state index is -0.846. The molecule has 0 aliphatic heterocycles. The van der Waals surface area contributed by atoms with Crippen LogP contribution in [0.3, 0.4) is 0 Å². The monoisotopic (exact) mass is 301 g/mol. The molecule has 1 unspecified atom stereocenters. The van der Waals surface area contributed by atoms with Gasteiger partial charge in [0.15, 0.2) is 0 Å². The molecule has 1 aromatic rings. The molecule has 0 amide bonds. The number of unbranched alkanes of at least 4 members (excludes halogenated alkanes) is 1. The Labute approximate surface area is 125 Å². The highest BCUT2D eigenvalue weighted by Crippen LogP contribution is 2.20. The van der Waals surface area contributed by atoms with E-state index < -0.39 is 11.5 Å². The van der Waals surface area contributed by atoms with Crippen molar-refractivity contribution in [2.75, 3.05) is 6.54 Å². The maximum absolute atomic E-state index is 11.3. The summed E-state index contributed by atoms with van der Waals surface area (Å²) in [6.45, 7) is 8.90. The van der Waals surface area contributed by atoms with Crippen LogP contribution in [-0.4, -0.2) is 32.9 Å². The van der Waals surface area contributed by atoms with Crippen LogP contribution in [0.4, 0.5) is 0 Å². The molecule has 0 bridgehead atoms. The van der Waals surface area contributed by atoms with Gasteiger partial charge in [-0.15, -0.1) is 0 Å². The molecule has 0 aromatic carbocycles. The molecule has 1 heterocycles. The summed E-state index contributed by atoms with van der Waals surface area (Å²) in [6, 6.07) is 0. The molecule has 1 atom stereocenters. The van der Waals surface area contributed by atoms with Gasteiger partial charge in [0.05, 0.1) is 16.4 Å². The predicted molar refractivity (Wildman–Crippen MR) is 80.3 cm³/mol. The Morgan fingerprint density at radius 1 is 1.45 bits per heavy atom. The molecule has 0 radical (unpaired) electrons. The van der Waals surface area contributed by atoms with Crippen molar-refractivity contribution in [3.63, 3.8) is 0 Å². The smallest absolute Gasteiger partial charge is 0.323 e. The third kappa shape index (κ3) is 3.96. The van der Waals surface area contributed by atoms with E-state index in [1.807, 2.05) is 25.5 Å². The topological polar surface area (TPSA) is 67.2 Å². The summed E-state index contributed by atoms with van der Waals surface area (Å²) in [6.07, 6.45) is 2.31. The van der Waals surface area contributed by atoms with Gasteiger partial charge >= 0.3 is 5.97 Å². The fourth-order valence-electron chi connectivity index (χ4n) is 2.29. The summed E-state index contributed by atoms with van der Waals surface area (Å²) in [5, 5.41) is 17.4. The van der Waals surface area contributed by atoms with Crippen LogP contribution >= 0.6 is 11.6 Å². The molecule has 0 fully saturated rings. The van der Waals surface area contributed by atoms with Crippen molar-refractivity contribution in [3.05, 3.63) is 16.4 Å². The van der Waals surface area contributed by atoms with Crippen LogP contribution in [-0.2, 0) is 11.3 Å². The Hall–Kier alpha value is -1.07. The molecule has 1 rings (SSSR count). The van der Waals surface area contributed by atoms with Gasteiger partial charge in [-0.1, -0.05) is 18.5 Å². The quantitative estimate of drug-likeness (QED) is 0.725. The number of aliphatic carboxylic acids is 1. The molecule has 2 N–H and O–H groups in total. The van der Waals surface area contributed by atoms with Crippen molar-refractivity contribution in [1.29, 1.82) is 0 Å². The third-order valence-electron chi connectivity index (χ3n) is 3.63. The number of rotatable bonds is 8. The number of likely N-dealkylation sites (N-methyl/N-ethyl adjacent to an activating group) is 1. The fourth-order valence-corrected chi connectivity index (χ4v) is 2.43. The van der Waals surface area contributed by atoms with Crippen LogP contribution in [0, 0.1) is 13.8 Å². The van der Waals surface area contributed by atoms with Gasteiger partial charge in [-0.3, -0.25) is 9.48 Å². The van der Waals surface area contributed by atoms with Gasteiger partial charge in [0, 0.05) is 6.54 Å². The number of halogens is 1. The maximum atomic E-state index is 11.3. The Bertz CT molecular complexity index is 473. The Balaban J connectivity index is 2.48. The molecular weight excluding hydrogens is 278 g/mol. The Morgan fingerprint density at radius 2 is 2.10 bits per heavy atom. The van der Waals surface area contributed by atoms with E-state index in [1.54, 1.807) is 6.92 Å². The van der Waals surface area contributed by atoms with Crippen LogP contribution in [0.2, 0.25) is 5.02 Å². The van der Waals surface area contributed by atoms with E-state index in [0.717, 1.165) is 30.8 Å². The first-order valence-corrected chi connectivity index (χ1v) is 7.37. The Morgan fingerprint density at radius 3 is 2.55 bits per heavy atom. The molecule has 114 valence electrons. The second-order valence-corrected chi connectivity index (χ2v) is 5.71. The van der Waals surface area contributed by atoms with Gasteiger partial charge < -0.3 is 10.4 Å². The zero-order valence-electron chi connectivity index (χ0n) is 12.7. The number of hydrogen-bond donors (Lipinski definition) is 2. The Kier molecular flexibility index (Phi) is 6.02. The van der Waals surface area contributed by atoms with Crippen LogP contribution in [0.15, 0.2) is 0 Å². The van der Waals surface area contributed by atoms with Crippen molar-refractivity contribution in [2.45, 2.75) is 59.0 Å². The number of hydrogen-bond acceptors (Lipinski definition) is 3. The standard InChI is InChI=1S/C14H24ClN3O2/c1-5-16-14(4,13(19)20)8-6-7-9-18-11(3)12(15)10(2)17-18/h16H,5-9H2,1-4H3,(H,19,20). The van der Waals surface area contributed by atoms with Gasteiger partial charge in [-0.2, -0.15) is 5.10 Å². The molecular formula is C14H24ClN3O2. The minimum Gasteiger partial charge on any atom is -0.480 e. The van der Waals surface area contributed by atoms with Crippen molar-refractivity contribution in [2.24, 2.45) is 0 Å². The average Bonchev–Trinajstić information content (AvgIpc) is 2.62. The summed E-state index contributed by atoms with van der Waals surface area (Å²) >= 11 is 6.10. The molecule has 5 nitrogen and oxygen atoms in total. The summed E-state index contributed by atoms with van der Waals surface area (Å²) in [5.41, 5.74) is 0.964. The highest BCUT2D eigenvalue weighted by Gasteiger charge is 2.31. The van der Waals surface area contributed by atoms with E-state index in [-0.39, 0.29) is 0 Å². The average molecular weight is 302 g/mol. The van der Waals surface area contributed by atoms with E-state index in [9.17, 15) is 9.90 Å². The van der Waals surface area contributed by atoms with Gasteiger partial charge in [0.1, 0.15) is 5.54 Å². The van der Waals surface area contributed by atoms with Crippen LogP contribution in [0.25, 0.3) is 0 Å². The lowest BCUT2D eigenvalue weighted by atomic mass is 9.95. The number of carbonyl (C=O) groups is 1. The number of aryl methyl sites for hydroxylation is 2. The summed E-state index contributed by atoms with van der Waals surface area (Å²) in [7, 11) is 0. The van der Waals surface area contributed by atoms with Crippen molar-refractivity contribution >= 4 is 17.6 Å². The van der Waals surface area contributed by atoms with Gasteiger partial charge in [-0.05, 0) is 46.6 Å². The lowest BCUT2D eigenvalue weighted by Crippen LogP contribution is -2.49. The van der Waals surface area contributed by atoms with Gasteiger partial charge in [-0.25, -0.2) is 0 Å². The normalized spacial score (nSPS) is 14.2. The number of nitrogens with zero attached hydrogens (tertiary/aromatic N) is 2. The van der Waals surface area contributed by atoms with E-state index in [4.69, 9.17) is 11.6 Å². The second kappa shape index (κ2) is 7.09. The summed E-state index contributed by atoms with van der Waals surface area (Å²) in [4.78, 5) is 11.3. The predicted octanol–water partition coefficient (Wildman–Crippen LogP) is 2.78. The van der Waals surface area contributed by atoms with Crippen LogP contribution < -0.4 is 5.32 Å². The van der Waals surface area contributed by atoms with Crippen LogP contribution in [0.5, 0.6) is 0 Å². The molecule has 0 spiro atoms. The highest BCUT2D eigenvalue weighted by atomic mass is 35.5. The number of carboxylic acids is 1. The molecule has 0 aliphatic carbocycles. The lowest BCUT2D eigenvalue weighted by molar-refractivity contribution is -0.144. The molecule has 6 heteroatoms. The number of aromatic nitrogens is 2. The van der Waals surface area contributed by atoms with E-state index in [1.165, 1.54) is 0 Å². The van der Waals surface area contributed by atoms with Gasteiger partial charge in [0.25, 0.3) is 0 Å². The van der Waals surface area contributed by atoms with E-state index >= 15 is 0 Å². The highest BCUT2D eigenvalue weighted by molar-refractivity contribution is 6.31. The zero-order chi connectivity index (χ0) is 15.3. The molecule has 0 saturated carbocycles. The maximum Gasteiger partial charge on any atom is 0.323 e. The SMILES string of the molecule is CCNC(C)(CCCCn1nc(C)c(Cl)c1C)C(=O)O. The number of nitrogens with one attached hydrogen (secondary N) is 1.